The second-order valence-electron chi connectivity index (χ2n) is 6.62. The van der Waals surface area contributed by atoms with Crippen LogP contribution in [0.5, 0.6) is 5.75 Å². The van der Waals surface area contributed by atoms with E-state index in [1.54, 1.807) is 21.0 Å². The molecule has 0 unspecified atom stereocenters. The molecule has 2 aliphatic rings. The molecular formula is C17H22FN3O5. The van der Waals surface area contributed by atoms with Gasteiger partial charge in [0.2, 0.25) is 0 Å². The average Bonchev–Trinajstić information content (AvgIpc) is 3.11. The summed E-state index contributed by atoms with van der Waals surface area (Å²) in [5.74, 6) is -0.100. The highest BCUT2D eigenvalue weighted by Crippen LogP contribution is 2.41. The number of benzene rings is 1. The number of nitrogens with zero attached hydrogens (tertiary/aromatic N) is 3. The van der Waals surface area contributed by atoms with Crippen LogP contribution in [0.1, 0.15) is 19.4 Å². The highest BCUT2D eigenvalue weighted by atomic mass is 19.1. The van der Waals surface area contributed by atoms with Crippen molar-refractivity contribution in [1.82, 2.24) is 0 Å². The highest BCUT2D eigenvalue weighted by molar-refractivity contribution is 5.26. The molecule has 1 aromatic carbocycles. The van der Waals surface area contributed by atoms with Crippen LogP contribution in [0.25, 0.3) is 10.4 Å². The first-order valence-electron chi connectivity index (χ1n) is 8.33. The number of ether oxygens (including phenoxy) is 5. The molecule has 8 nitrogen and oxygen atoms in total. The normalized spacial score (nSPS) is 30.5. The Morgan fingerprint density at radius 3 is 2.58 bits per heavy atom. The second kappa shape index (κ2) is 7.77. The molecule has 2 heterocycles. The maximum Gasteiger partial charge on any atom is 0.187 e. The van der Waals surface area contributed by atoms with Crippen LogP contribution in [0.15, 0.2) is 29.4 Å². The smallest absolute Gasteiger partial charge is 0.187 e. The molecule has 0 saturated carbocycles. The van der Waals surface area contributed by atoms with E-state index in [9.17, 15) is 4.39 Å². The van der Waals surface area contributed by atoms with Crippen LogP contribution in [0.3, 0.4) is 0 Å². The Kier molecular flexibility index (Phi) is 5.64. The third-order valence-electron chi connectivity index (χ3n) is 4.36. The fourth-order valence-corrected chi connectivity index (χ4v) is 3.19. The summed E-state index contributed by atoms with van der Waals surface area (Å²) in [5, 5.41) is 3.48. The summed E-state index contributed by atoms with van der Waals surface area (Å²) >= 11 is 0. The minimum Gasteiger partial charge on any atom is -0.497 e. The van der Waals surface area contributed by atoms with E-state index in [1.165, 1.54) is 0 Å². The molecule has 0 bridgehead atoms. The van der Waals surface area contributed by atoms with Crippen molar-refractivity contribution >= 4 is 0 Å². The van der Waals surface area contributed by atoms with E-state index in [4.69, 9.17) is 29.2 Å². The lowest BCUT2D eigenvalue weighted by molar-refractivity contribution is -0.238. The average molecular weight is 367 g/mol. The molecule has 142 valence electrons. The number of rotatable bonds is 7. The van der Waals surface area contributed by atoms with Crippen LogP contribution < -0.4 is 4.74 Å². The molecule has 2 fully saturated rings. The lowest BCUT2D eigenvalue weighted by Gasteiger charge is -2.25. The van der Waals surface area contributed by atoms with Gasteiger partial charge in [-0.05, 0) is 37.1 Å². The number of hydrogen-bond acceptors (Lipinski definition) is 6. The van der Waals surface area contributed by atoms with Gasteiger partial charge in [-0.2, -0.15) is 0 Å². The number of alkyl halides is 1. The van der Waals surface area contributed by atoms with E-state index in [0.717, 1.165) is 11.3 Å². The Balaban J connectivity index is 1.70. The van der Waals surface area contributed by atoms with Crippen molar-refractivity contribution in [3.63, 3.8) is 0 Å². The molecule has 2 saturated heterocycles. The Morgan fingerprint density at radius 2 is 1.96 bits per heavy atom. The molecule has 0 spiro atoms. The van der Waals surface area contributed by atoms with Crippen molar-refractivity contribution in [2.24, 2.45) is 5.11 Å². The van der Waals surface area contributed by atoms with Gasteiger partial charge in [0.25, 0.3) is 0 Å². The number of halogens is 1. The Morgan fingerprint density at radius 1 is 1.27 bits per heavy atom. The van der Waals surface area contributed by atoms with Crippen LogP contribution in [0.4, 0.5) is 4.39 Å². The SMILES string of the molecule is COc1ccc(CO[C@H]2O[C@H]([C@H](CF)N=[N+]=[N-])[C@@H]3OC(C)(C)O[C@H]23)cc1. The first-order valence-corrected chi connectivity index (χ1v) is 8.33. The zero-order chi connectivity index (χ0) is 18.7. The van der Waals surface area contributed by atoms with Gasteiger partial charge in [-0.1, -0.05) is 17.2 Å². The summed E-state index contributed by atoms with van der Waals surface area (Å²) in [4.78, 5) is 2.69. The lowest BCUT2D eigenvalue weighted by Crippen LogP contribution is -2.38. The molecule has 1 aromatic rings. The fourth-order valence-electron chi connectivity index (χ4n) is 3.19. The van der Waals surface area contributed by atoms with Gasteiger partial charge in [-0.15, -0.1) is 0 Å². The van der Waals surface area contributed by atoms with E-state index in [1.807, 2.05) is 24.3 Å². The Bertz CT molecular complexity index is 665. The van der Waals surface area contributed by atoms with Gasteiger partial charge >= 0.3 is 0 Å². The van der Waals surface area contributed by atoms with Crippen molar-refractivity contribution in [1.29, 1.82) is 0 Å². The van der Waals surface area contributed by atoms with Crippen LogP contribution in [0.2, 0.25) is 0 Å². The standard InChI is InChI=1S/C17H22FN3O5/c1-17(2)25-14-13(12(8-18)20-21-19)24-16(15(14)26-17)23-9-10-4-6-11(22-3)7-5-10/h4-7,12-16H,8-9H2,1-3H3/t12-,13+,14-,15-,16-/m0/s1. The first kappa shape index (κ1) is 18.9. The van der Waals surface area contributed by atoms with Gasteiger partial charge in [0, 0.05) is 4.91 Å². The Hall–Kier alpha value is -1.90. The molecule has 9 heteroatoms. The third-order valence-corrected chi connectivity index (χ3v) is 4.36. The van der Waals surface area contributed by atoms with Gasteiger partial charge in [0.1, 0.15) is 30.7 Å². The molecule has 0 aromatic heterocycles. The quantitative estimate of drug-likeness (QED) is 0.419. The van der Waals surface area contributed by atoms with Gasteiger partial charge in [-0.25, -0.2) is 0 Å². The minimum absolute atomic E-state index is 0.274. The second-order valence-corrected chi connectivity index (χ2v) is 6.62. The third kappa shape index (κ3) is 3.92. The molecule has 26 heavy (non-hydrogen) atoms. The summed E-state index contributed by atoms with van der Waals surface area (Å²) in [6.07, 6.45) is -2.63. The lowest BCUT2D eigenvalue weighted by atomic mass is 10.1. The van der Waals surface area contributed by atoms with Gasteiger partial charge in [0.15, 0.2) is 12.1 Å². The van der Waals surface area contributed by atoms with Crippen LogP contribution in [-0.2, 0) is 25.6 Å². The van der Waals surface area contributed by atoms with Gasteiger partial charge in [-0.3, -0.25) is 4.39 Å². The van der Waals surface area contributed by atoms with Gasteiger partial charge < -0.3 is 23.7 Å². The van der Waals surface area contributed by atoms with Crippen molar-refractivity contribution in [3.8, 4) is 5.75 Å². The Labute approximate surface area is 150 Å². The topological polar surface area (TPSA) is 94.9 Å². The number of fused-ring (bicyclic) bond motifs is 1. The van der Waals surface area contributed by atoms with Crippen LogP contribution >= 0.6 is 0 Å². The summed E-state index contributed by atoms with van der Waals surface area (Å²) < 4.78 is 41.8. The predicted octanol–water partition coefficient (Wildman–Crippen LogP) is 3.11. The molecular weight excluding hydrogens is 345 g/mol. The van der Waals surface area contributed by atoms with Crippen LogP contribution in [-0.4, -0.2) is 50.2 Å². The summed E-state index contributed by atoms with van der Waals surface area (Å²) in [6.45, 7) is 2.95. The monoisotopic (exact) mass is 367 g/mol. The van der Waals surface area contributed by atoms with Crippen LogP contribution in [0, 0.1) is 0 Å². The zero-order valence-corrected chi connectivity index (χ0v) is 14.9. The number of hydrogen-bond donors (Lipinski definition) is 0. The van der Waals surface area contributed by atoms with Crippen molar-refractivity contribution in [2.45, 2.75) is 56.9 Å². The maximum absolute atomic E-state index is 13.3. The van der Waals surface area contributed by atoms with E-state index in [2.05, 4.69) is 10.0 Å². The molecule has 0 radical (unpaired) electrons. The van der Waals surface area contributed by atoms with Crippen molar-refractivity contribution in [3.05, 3.63) is 40.3 Å². The number of azide groups is 1. The minimum atomic E-state index is -1.00. The predicted molar refractivity (Wildman–Crippen MR) is 89.2 cm³/mol. The maximum atomic E-state index is 13.3. The highest BCUT2D eigenvalue weighted by Gasteiger charge is 2.57. The molecule has 5 atom stereocenters. The molecule has 2 aliphatic heterocycles. The van der Waals surface area contributed by atoms with Crippen molar-refractivity contribution < 1.29 is 28.1 Å². The van der Waals surface area contributed by atoms with E-state index < -0.39 is 43.1 Å². The fraction of sp³-hybridized carbons (Fsp3) is 0.647. The zero-order valence-electron chi connectivity index (χ0n) is 14.9. The van der Waals surface area contributed by atoms with Crippen molar-refractivity contribution in [2.75, 3.05) is 13.8 Å². The molecule has 0 aliphatic carbocycles. The largest absolute Gasteiger partial charge is 0.497 e. The molecule has 0 N–H and O–H groups in total. The molecule has 0 amide bonds. The first-order chi connectivity index (χ1) is 12.5. The number of methoxy groups -OCH3 is 1. The van der Waals surface area contributed by atoms with E-state index >= 15 is 0 Å². The summed E-state index contributed by atoms with van der Waals surface area (Å²) in [7, 11) is 1.60. The molecule has 3 rings (SSSR count). The van der Waals surface area contributed by atoms with E-state index in [0.29, 0.717) is 0 Å². The van der Waals surface area contributed by atoms with E-state index in [-0.39, 0.29) is 6.61 Å². The summed E-state index contributed by atoms with van der Waals surface area (Å²) in [6, 6.07) is 6.42. The van der Waals surface area contributed by atoms with Gasteiger partial charge in [0.05, 0.1) is 19.8 Å². The summed E-state index contributed by atoms with van der Waals surface area (Å²) in [5.41, 5.74) is 9.58.